The van der Waals surface area contributed by atoms with Crippen LogP contribution in [0.2, 0.25) is 0 Å². The van der Waals surface area contributed by atoms with Gasteiger partial charge in [-0.05, 0) is 43.9 Å². The van der Waals surface area contributed by atoms with Crippen molar-refractivity contribution in [1.82, 2.24) is 15.0 Å². The smallest absolute Gasteiger partial charge is 0.277 e. The fraction of sp³-hybridized carbons (Fsp3) is 0.438. The van der Waals surface area contributed by atoms with Crippen molar-refractivity contribution in [3.8, 4) is 0 Å². The molecule has 1 heterocycles. The van der Waals surface area contributed by atoms with Gasteiger partial charge in [-0.15, -0.1) is 5.10 Å². The van der Waals surface area contributed by atoms with Crippen LogP contribution in [-0.4, -0.2) is 45.8 Å². The third-order valence-electron chi connectivity index (χ3n) is 4.67. The molecule has 9 heteroatoms. The van der Waals surface area contributed by atoms with Gasteiger partial charge in [0.2, 0.25) is 0 Å². The molecule has 2 saturated carbocycles. The lowest BCUT2D eigenvalue weighted by atomic mass is 9.89. The van der Waals surface area contributed by atoms with Crippen molar-refractivity contribution in [3.05, 3.63) is 36.2 Å². The Kier molecular flexibility index (Phi) is 3.84. The summed E-state index contributed by atoms with van der Waals surface area (Å²) in [5.41, 5.74) is 0.513. The van der Waals surface area contributed by atoms with E-state index in [0.717, 1.165) is 6.42 Å². The monoisotopic (exact) mass is 362 g/mol. The normalized spacial score (nSPS) is 23.1. The summed E-state index contributed by atoms with van der Waals surface area (Å²) >= 11 is 0. The number of benzene rings is 1. The highest BCUT2D eigenvalue weighted by Gasteiger charge is 2.37. The van der Waals surface area contributed by atoms with Gasteiger partial charge in [0.25, 0.3) is 5.91 Å². The summed E-state index contributed by atoms with van der Waals surface area (Å²) in [5.74, 6) is -0.471. The van der Waals surface area contributed by atoms with Crippen molar-refractivity contribution in [2.24, 2.45) is 0 Å². The molecule has 1 aromatic heterocycles. The van der Waals surface area contributed by atoms with Gasteiger partial charge in [-0.1, -0.05) is 11.3 Å². The zero-order chi connectivity index (χ0) is 17.6. The maximum atomic E-state index is 12.3. The fourth-order valence-corrected chi connectivity index (χ4v) is 4.53. The SMILES string of the molecule is O=C(Nc1cccc(S(=O)(=O)C2CC2)c1)c1cn([C@@H]2CC[C@H]2O)nn1. The second-order valence-corrected chi connectivity index (χ2v) is 8.75. The molecule has 0 unspecified atom stereocenters. The number of sulfone groups is 1. The molecule has 0 radical (unpaired) electrons. The van der Waals surface area contributed by atoms with Crippen molar-refractivity contribution in [1.29, 1.82) is 0 Å². The standard InChI is InChI=1S/C16H18N4O4S/c21-15-7-6-14(15)20-9-13(18-19-20)16(22)17-10-2-1-3-12(8-10)25(23,24)11-4-5-11/h1-3,8-9,11,14-15,21H,4-7H2,(H,17,22)/t14-,15-/m1/s1. The predicted octanol–water partition coefficient (Wildman–Crippen LogP) is 1.16. The molecule has 2 aliphatic carbocycles. The topological polar surface area (TPSA) is 114 Å². The summed E-state index contributed by atoms with van der Waals surface area (Å²) in [5, 5.41) is 19.7. The van der Waals surface area contributed by atoms with Gasteiger partial charge in [0.05, 0.1) is 28.5 Å². The summed E-state index contributed by atoms with van der Waals surface area (Å²) in [6, 6.07) is 6.10. The molecule has 0 aliphatic heterocycles. The Morgan fingerprint density at radius 3 is 2.68 bits per heavy atom. The summed E-state index contributed by atoms with van der Waals surface area (Å²) in [6.45, 7) is 0. The second kappa shape index (κ2) is 5.92. The first-order valence-corrected chi connectivity index (χ1v) is 9.75. The van der Waals surface area contributed by atoms with Crippen LogP contribution in [0.4, 0.5) is 5.69 Å². The lowest BCUT2D eigenvalue weighted by Crippen LogP contribution is -2.34. The van der Waals surface area contributed by atoms with Gasteiger partial charge in [0, 0.05) is 5.69 Å². The van der Waals surface area contributed by atoms with Crippen LogP contribution >= 0.6 is 0 Å². The summed E-state index contributed by atoms with van der Waals surface area (Å²) in [7, 11) is -3.31. The van der Waals surface area contributed by atoms with Gasteiger partial charge in [-0.25, -0.2) is 13.1 Å². The Hall–Kier alpha value is -2.26. The number of nitrogens with zero attached hydrogens (tertiary/aromatic N) is 3. The van der Waals surface area contributed by atoms with E-state index < -0.39 is 21.8 Å². The molecule has 2 aliphatic rings. The first-order chi connectivity index (χ1) is 11.9. The molecule has 8 nitrogen and oxygen atoms in total. The number of nitrogens with one attached hydrogen (secondary N) is 1. The Balaban J connectivity index is 1.49. The Labute approximate surface area is 144 Å². The first kappa shape index (κ1) is 16.2. The molecule has 2 atom stereocenters. The highest BCUT2D eigenvalue weighted by atomic mass is 32.2. The summed E-state index contributed by atoms with van der Waals surface area (Å²) in [4.78, 5) is 12.5. The number of aromatic nitrogens is 3. The molecular formula is C16H18N4O4S. The Bertz CT molecular complexity index is 920. The minimum atomic E-state index is -3.31. The quantitative estimate of drug-likeness (QED) is 0.825. The molecule has 0 spiro atoms. The van der Waals surface area contributed by atoms with E-state index >= 15 is 0 Å². The van der Waals surface area contributed by atoms with Gasteiger partial charge in [-0.2, -0.15) is 0 Å². The molecule has 0 bridgehead atoms. The van der Waals surface area contributed by atoms with Gasteiger partial charge in [-0.3, -0.25) is 4.79 Å². The number of aliphatic hydroxyl groups excluding tert-OH is 1. The average molecular weight is 362 g/mol. The number of carbonyl (C=O) groups excluding carboxylic acids is 1. The first-order valence-electron chi connectivity index (χ1n) is 8.20. The highest BCUT2D eigenvalue weighted by molar-refractivity contribution is 7.92. The molecule has 1 aromatic carbocycles. The van der Waals surface area contributed by atoms with Crippen molar-refractivity contribution >= 4 is 21.4 Å². The lowest BCUT2D eigenvalue weighted by molar-refractivity contribution is 0.0244. The fourth-order valence-electron chi connectivity index (χ4n) is 2.83. The van der Waals surface area contributed by atoms with Crippen molar-refractivity contribution in [3.63, 3.8) is 0 Å². The maximum Gasteiger partial charge on any atom is 0.277 e. The van der Waals surface area contributed by atoms with Crippen LogP contribution in [0.25, 0.3) is 0 Å². The van der Waals surface area contributed by atoms with Gasteiger partial charge in [0.1, 0.15) is 0 Å². The van der Waals surface area contributed by atoms with Crippen LogP contribution < -0.4 is 5.32 Å². The molecule has 0 saturated heterocycles. The molecule has 1 amide bonds. The number of amides is 1. The van der Waals surface area contributed by atoms with Crippen LogP contribution in [0.1, 0.15) is 42.2 Å². The van der Waals surface area contributed by atoms with Gasteiger partial charge in [0.15, 0.2) is 15.5 Å². The summed E-state index contributed by atoms with van der Waals surface area (Å²) < 4.78 is 26.1. The second-order valence-electron chi connectivity index (χ2n) is 6.52. The molecule has 132 valence electrons. The third-order valence-corrected chi connectivity index (χ3v) is 6.93. The minimum Gasteiger partial charge on any atom is -0.391 e. The van der Waals surface area contributed by atoms with Crippen molar-refractivity contribution < 1.29 is 18.3 Å². The van der Waals surface area contributed by atoms with E-state index in [1.807, 2.05) is 0 Å². The van der Waals surface area contributed by atoms with E-state index in [1.54, 1.807) is 12.1 Å². The number of aliphatic hydroxyl groups is 1. The number of hydrogen-bond acceptors (Lipinski definition) is 6. The Morgan fingerprint density at radius 2 is 2.04 bits per heavy atom. The molecule has 2 fully saturated rings. The van der Waals surface area contributed by atoms with E-state index in [0.29, 0.717) is 24.9 Å². The number of hydrogen-bond donors (Lipinski definition) is 2. The van der Waals surface area contributed by atoms with Crippen LogP contribution in [0.3, 0.4) is 0 Å². The molecule has 2 N–H and O–H groups in total. The van der Waals surface area contributed by atoms with Crippen LogP contribution in [0, 0.1) is 0 Å². The molecular weight excluding hydrogens is 344 g/mol. The van der Waals surface area contributed by atoms with Crippen molar-refractivity contribution in [2.45, 2.75) is 48.0 Å². The highest BCUT2D eigenvalue weighted by Crippen LogP contribution is 2.34. The maximum absolute atomic E-state index is 12.3. The third kappa shape index (κ3) is 3.05. The number of anilines is 1. The van der Waals surface area contributed by atoms with Crippen LogP contribution in [0.5, 0.6) is 0 Å². The van der Waals surface area contributed by atoms with E-state index in [4.69, 9.17) is 0 Å². The van der Waals surface area contributed by atoms with E-state index in [2.05, 4.69) is 15.6 Å². The van der Waals surface area contributed by atoms with Crippen LogP contribution in [-0.2, 0) is 9.84 Å². The average Bonchev–Trinajstić information content (AvgIpc) is 3.34. The van der Waals surface area contributed by atoms with Gasteiger partial charge < -0.3 is 10.4 Å². The zero-order valence-electron chi connectivity index (χ0n) is 13.4. The molecule has 25 heavy (non-hydrogen) atoms. The van der Waals surface area contributed by atoms with E-state index in [1.165, 1.54) is 23.0 Å². The van der Waals surface area contributed by atoms with Crippen LogP contribution in [0.15, 0.2) is 35.4 Å². The molecule has 4 rings (SSSR count). The zero-order valence-corrected chi connectivity index (χ0v) is 14.2. The van der Waals surface area contributed by atoms with E-state index in [-0.39, 0.29) is 21.9 Å². The Morgan fingerprint density at radius 1 is 1.24 bits per heavy atom. The largest absolute Gasteiger partial charge is 0.391 e. The van der Waals surface area contributed by atoms with Gasteiger partial charge >= 0.3 is 0 Å². The molecule has 2 aromatic rings. The minimum absolute atomic E-state index is 0.120. The number of carbonyl (C=O) groups is 1. The van der Waals surface area contributed by atoms with E-state index in [9.17, 15) is 18.3 Å². The summed E-state index contributed by atoms with van der Waals surface area (Å²) in [6.07, 6.45) is 3.93. The number of rotatable bonds is 5. The van der Waals surface area contributed by atoms with Crippen molar-refractivity contribution in [2.75, 3.05) is 5.32 Å². The lowest BCUT2D eigenvalue weighted by Gasteiger charge is -2.31. The predicted molar refractivity (Wildman–Crippen MR) is 88.9 cm³/mol.